The Morgan fingerprint density at radius 1 is 1.22 bits per heavy atom. The molecule has 3 rings (SSSR count). The van der Waals surface area contributed by atoms with Crippen molar-refractivity contribution in [1.82, 2.24) is 19.9 Å². The van der Waals surface area contributed by atoms with Crippen LogP contribution in [0.25, 0.3) is 11.0 Å². The maximum atomic E-state index is 4.75. The molecule has 0 atom stereocenters. The first-order valence-electron chi connectivity index (χ1n) is 6.01. The molecular weight excluding hydrogens is 228 g/mol. The molecule has 18 heavy (non-hydrogen) atoms. The highest BCUT2D eigenvalue weighted by Crippen LogP contribution is 2.18. The predicted molar refractivity (Wildman–Crippen MR) is 67.2 cm³/mol. The van der Waals surface area contributed by atoms with E-state index in [2.05, 4.69) is 32.9 Å². The van der Waals surface area contributed by atoms with Gasteiger partial charge in [0.05, 0.1) is 17.6 Å². The quantitative estimate of drug-likeness (QED) is 0.707. The minimum atomic E-state index is 0.652. The van der Waals surface area contributed by atoms with Gasteiger partial charge in [-0.3, -0.25) is 0 Å². The topological polar surface area (TPSA) is 56.7 Å². The van der Waals surface area contributed by atoms with Gasteiger partial charge in [0.1, 0.15) is 17.2 Å². The number of imidazole rings is 1. The van der Waals surface area contributed by atoms with E-state index in [0.29, 0.717) is 6.54 Å². The van der Waals surface area contributed by atoms with Crippen LogP contribution in [0.2, 0.25) is 0 Å². The number of hydrogen-bond acceptors (Lipinski definition) is 4. The van der Waals surface area contributed by atoms with E-state index in [-0.39, 0.29) is 0 Å². The lowest BCUT2D eigenvalue weighted by Crippen LogP contribution is -2.05. The van der Waals surface area contributed by atoms with Crippen LogP contribution in [0.4, 0.5) is 0 Å². The molecule has 0 N–H and O–H groups in total. The van der Waals surface area contributed by atoms with E-state index < -0.39 is 0 Å². The van der Waals surface area contributed by atoms with E-state index in [1.165, 1.54) is 0 Å². The summed E-state index contributed by atoms with van der Waals surface area (Å²) >= 11 is 0. The van der Waals surface area contributed by atoms with Gasteiger partial charge in [0.15, 0.2) is 0 Å². The van der Waals surface area contributed by atoms with Gasteiger partial charge in [-0.05, 0) is 19.1 Å². The molecule has 0 spiro atoms. The van der Waals surface area contributed by atoms with Crippen molar-refractivity contribution in [3.05, 3.63) is 41.5 Å². The van der Waals surface area contributed by atoms with Crippen LogP contribution in [-0.2, 0) is 13.0 Å². The highest BCUT2D eigenvalue weighted by molar-refractivity contribution is 5.76. The first-order valence-corrected chi connectivity index (χ1v) is 6.01. The summed E-state index contributed by atoms with van der Waals surface area (Å²) in [4.78, 5) is 4.63. The van der Waals surface area contributed by atoms with Crippen LogP contribution in [0.15, 0.2) is 28.9 Å². The van der Waals surface area contributed by atoms with Crippen LogP contribution in [0.1, 0.15) is 24.1 Å². The Morgan fingerprint density at radius 2 is 2.06 bits per heavy atom. The molecule has 5 nitrogen and oxygen atoms in total. The van der Waals surface area contributed by atoms with Gasteiger partial charge >= 0.3 is 0 Å². The predicted octanol–water partition coefficient (Wildman–Crippen LogP) is 2.34. The molecule has 2 heterocycles. The van der Waals surface area contributed by atoms with Crippen LogP contribution >= 0.6 is 0 Å². The van der Waals surface area contributed by atoms with Crippen molar-refractivity contribution < 1.29 is 4.63 Å². The van der Waals surface area contributed by atoms with E-state index in [0.717, 1.165) is 34.7 Å². The van der Waals surface area contributed by atoms with Crippen LogP contribution < -0.4 is 0 Å². The lowest BCUT2D eigenvalue weighted by molar-refractivity contribution is 0.300. The van der Waals surface area contributed by atoms with Crippen LogP contribution in [0.3, 0.4) is 0 Å². The number of aromatic nitrogens is 4. The molecule has 92 valence electrons. The van der Waals surface area contributed by atoms with E-state index in [1.54, 1.807) is 0 Å². The van der Waals surface area contributed by atoms with Crippen molar-refractivity contribution in [2.24, 2.45) is 0 Å². The normalized spacial score (nSPS) is 11.2. The first kappa shape index (κ1) is 11.0. The Balaban J connectivity index is 2.12. The number of rotatable bonds is 3. The summed E-state index contributed by atoms with van der Waals surface area (Å²) in [5.41, 5.74) is 3.82. The Hall–Kier alpha value is -2.17. The van der Waals surface area contributed by atoms with E-state index in [9.17, 15) is 0 Å². The van der Waals surface area contributed by atoms with Gasteiger partial charge in [-0.25, -0.2) is 9.61 Å². The van der Waals surface area contributed by atoms with Crippen LogP contribution in [0, 0.1) is 6.92 Å². The zero-order chi connectivity index (χ0) is 12.5. The monoisotopic (exact) mass is 242 g/mol. The zero-order valence-electron chi connectivity index (χ0n) is 10.4. The molecule has 0 aliphatic carbocycles. The third-order valence-corrected chi connectivity index (χ3v) is 3.10. The summed E-state index contributed by atoms with van der Waals surface area (Å²) in [5.74, 6) is 1.05. The number of benzene rings is 1. The molecule has 0 fully saturated rings. The van der Waals surface area contributed by atoms with Crippen molar-refractivity contribution in [1.29, 1.82) is 0 Å². The number of hydrogen-bond donors (Lipinski definition) is 0. The fraction of sp³-hybridized carbons (Fsp3) is 0.308. The molecule has 0 aliphatic heterocycles. The smallest absolute Gasteiger partial charge is 0.127 e. The van der Waals surface area contributed by atoms with Gasteiger partial charge in [0.25, 0.3) is 0 Å². The average molecular weight is 242 g/mol. The summed E-state index contributed by atoms with van der Waals surface area (Å²) in [6.45, 7) is 4.65. The number of para-hydroxylation sites is 2. The van der Waals surface area contributed by atoms with Gasteiger partial charge in [-0.15, -0.1) is 0 Å². The van der Waals surface area contributed by atoms with Crippen molar-refractivity contribution in [2.45, 2.75) is 26.8 Å². The number of fused-ring (bicyclic) bond motifs is 1. The van der Waals surface area contributed by atoms with E-state index in [4.69, 9.17) is 4.63 Å². The van der Waals surface area contributed by atoms with Gasteiger partial charge in [-0.1, -0.05) is 29.4 Å². The summed E-state index contributed by atoms with van der Waals surface area (Å²) < 4.78 is 6.91. The molecule has 1 aromatic carbocycles. The third kappa shape index (κ3) is 1.68. The van der Waals surface area contributed by atoms with Crippen molar-refractivity contribution >= 4 is 11.0 Å². The van der Waals surface area contributed by atoms with Gasteiger partial charge in [0, 0.05) is 6.42 Å². The minimum absolute atomic E-state index is 0.652. The molecule has 0 bridgehead atoms. The van der Waals surface area contributed by atoms with Crippen molar-refractivity contribution in [2.75, 3.05) is 0 Å². The molecule has 3 aromatic rings. The standard InChI is InChI=1S/C13H14N4O/c1-3-13-14-10-6-4-5-7-12(10)17(13)8-11-9(2)15-18-16-11/h4-7H,3,8H2,1-2H3. The summed E-state index contributed by atoms with van der Waals surface area (Å²) in [7, 11) is 0. The maximum absolute atomic E-state index is 4.75. The van der Waals surface area contributed by atoms with Crippen molar-refractivity contribution in [3.8, 4) is 0 Å². The molecule has 0 radical (unpaired) electrons. The molecule has 5 heteroatoms. The van der Waals surface area contributed by atoms with Gasteiger partial charge < -0.3 is 4.57 Å². The second-order valence-corrected chi connectivity index (χ2v) is 4.25. The second-order valence-electron chi connectivity index (χ2n) is 4.25. The highest BCUT2D eigenvalue weighted by atomic mass is 16.6. The Labute approximate surface area is 104 Å². The minimum Gasteiger partial charge on any atom is -0.322 e. The first-order chi connectivity index (χ1) is 8.79. The molecular formula is C13H14N4O. The van der Waals surface area contributed by atoms with Crippen molar-refractivity contribution in [3.63, 3.8) is 0 Å². The number of aryl methyl sites for hydroxylation is 2. The zero-order valence-corrected chi connectivity index (χ0v) is 10.4. The lowest BCUT2D eigenvalue weighted by atomic mass is 10.3. The molecule has 0 aliphatic rings. The SMILES string of the molecule is CCc1nc2ccccc2n1Cc1nonc1C. The molecule has 0 saturated carbocycles. The fourth-order valence-corrected chi connectivity index (χ4v) is 2.11. The molecule has 2 aromatic heterocycles. The van der Waals surface area contributed by atoms with Gasteiger partial charge in [-0.2, -0.15) is 0 Å². The van der Waals surface area contributed by atoms with Crippen LogP contribution in [0.5, 0.6) is 0 Å². The largest absolute Gasteiger partial charge is 0.322 e. The summed E-state index contributed by atoms with van der Waals surface area (Å²) in [6, 6.07) is 8.12. The fourth-order valence-electron chi connectivity index (χ4n) is 2.11. The molecule has 0 amide bonds. The molecule has 0 saturated heterocycles. The Bertz CT molecular complexity index is 683. The Morgan fingerprint density at radius 3 is 2.78 bits per heavy atom. The lowest BCUT2D eigenvalue weighted by Gasteiger charge is -2.05. The van der Waals surface area contributed by atoms with Crippen LogP contribution in [-0.4, -0.2) is 19.9 Å². The van der Waals surface area contributed by atoms with Gasteiger partial charge in [0.2, 0.25) is 0 Å². The highest BCUT2D eigenvalue weighted by Gasteiger charge is 2.12. The maximum Gasteiger partial charge on any atom is 0.127 e. The average Bonchev–Trinajstić information content (AvgIpc) is 2.95. The summed E-state index contributed by atoms with van der Waals surface area (Å²) in [6.07, 6.45) is 0.888. The van der Waals surface area contributed by atoms with E-state index >= 15 is 0 Å². The third-order valence-electron chi connectivity index (χ3n) is 3.10. The van der Waals surface area contributed by atoms with E-state index in [1.807, 2.05) is 25.1 Å². The second kappa shape index (κ2) is 4.25. The Kier molecular flexibility index (Phi) is 2.59. The number of nitrogens with zero attached hydrogens (tertiary/aromatic N) is 4. The molecule has 0 unspecified atom stereocenters. The summed E-state index contributed by atoms with van der Waals surface area (Å²) in [5, 5.41) is 7.75.